The van der Waals surface area contributed by atoms with Crippen molar-refractivity contribution in [1.29, 1.82) is 0 Å². The Morgan fingerprint density at radius 3 is 2.53 bits per heavy atom. The van der Waals surface area contributed by atoms with Crippen molar-refractivity contribution in [2.75, 3.05) is 6.61 Å². The maximum atomic E-state index is 13.1. The minimum Gasteiger partial charge on any atom is -0.508 e. The summed E-state index contributed by atoms with van der Waals surface area (Å²) >= 11 is 0. The molecule has 3 N–H and O–H groups in total. The number of nitrogens with one attached hydrogen (secondary N) is 1. The van der Waals surface area contributed by atoms with E-state index < -0.39 is 5.82 Å². The molecule has 1 aromatic rings. The van der Waals surface area contributed by atoms with E-state index in [1.165, 1.54) is 12.1 Å². The molecule has 1 aliphatic carbocycles. The molecule has 0 heterocycles. The molecule has 1 saturated carbocycles. The lowest BCUT2D eigenvalue weighted by Gasteiger charge is -2.28. The van der Waals surface area contributed by atoms with Crippen molar-refractivity contribution in [1.82, 2.24) is 5.32 Å². The Balaban J connectivity index is 2.01. The summed E-state index contributed by atoms with van der Waals surface area (Å²) in [4.78, 5) is 0. The van der Waals surface area contributed by atoms with Gasteiger partial charge in [-0.15, -0.1) is 0 Å². The zero-order valence-corrected chi connectivity index (χ0v) is 9.75. The predicted molar refractivity (Wildman–Crippen MR) is 63.2 cm³/mol. The van der Waals surface area contributed by atoms with Gasteiger partial charge in [0.15, 0.2) is 0 Å². The van der Waals surface area contributed by atoms with Gasteiger partial charge in [-0.05, 0) is 30.5 Å². The first-order valence-electron chi connectivity index (χ1n) is 5.98. The van der Waals surface area contributed by atoms with Gasteiger partial charge in [0.25, 0.3) is 0 Å². The number of aromatic hydroxyl groups is 1. The summed E-state index contributed by atoms with van der Waals surface area (Å²) < 4.78 is 13.1. The van der Waals surface area contributed by atoms with Crippen LogP contribution in [0.4, 0.5) is 4.39 Å². The highest BCUT2D eigenvalue weighted by Crippen LogP contribution is 2.29. The van der Waals surface area contributed by atoms with Crippen LogP contribution >= 0.6 is 0 Å². The SMILES string of the molecule is OCC1(NCc2cc(O)cc(F)c2)CCCC1. The van der Waals surface area contributed by atoms with Gasteiger partial charge in [0.1, 0.15) is 11.6 Å². The summed E-state index contributed by atoms with van der Waals surface area (Å²) in [5, 5.41) is 22.0. The van der Waals surface area contributed by atoms with Crippen LogP contribution in [0.5, 0.6) is 5.75 Å². The van der Waals surface area contributed by atoms with Crippen LogP contribution in [0.3, 0.4) is 0 Å². The summed E-state index contributed by atoms with van der Waals surface area (Å²) in [5.74, 6) is -0.502. The Hall–Kier alpha value is -1.13. The van der Waals surface area contributed by atoms with Gasteiger partial charge in [-0.1, -0.05) is 12.8 Å². The fourth-order valence-electron chi connectivity index (χ4n) is 2.47. The molecule has 1 aliphatic rings. The van der Waals surface area contributed by atoms with Gasteiger partial charge < -0.3 is 15.5 Å². The van der Waals surface area contributed by atoms with Gasteiger partial charge in [0.05, 0.1) is 6.61 Å². The average Bonchev–Trinajstić information content (AvgIpc) is 2.74. The van der Waals surface area contributed by atoms with E-state index in [0.717, 1.165) is 31.7 Å². The molecule has 3 nitrogen and oxygen atoms in total. The molecule has 1 fully saturated rings. The standard InChI is InChI=1S/C13H18FNO2/c14-11-5-10(6-12(17)7-11)8-15-13(9-16)3-1-2-4-13/h5-7,15-17H,1-4,8-9H2. The third-order valence-corrected chi connectivity index (χ3v) is 3.47. The molecular formula is C13H18FNO2. The van der Waals surface area contributed by atoms with Gasteiger partial charge in [0, 0.05) is 18.2 Å². The second-order valence-corrected chi connectivity index (χ2v) is 4.82. The van der Waals surface area contributed by atoms with Crippen LogP contribution in [-0.2, 0) is 6.54 Å². The molecule has 1 aromatic carbocycles. The molecule has 0 atom stereocenters. The molecule has 17 heavy (non-hydrogen) atoms. The molecule has 0 aliphatic heterocycles. The number of benzene rings is 1. The van der Waals surface area contributed by atoms with Crippen molar-refractivity contribution in [2.24, 2.45) is 0 Å². The van der Waals surface area contributed by atoms with Crippen molar-refractivity contribution in [3.05, 3.63) is 29.6 Å². The maximum absolute atomic E-state index is 13.1. The second-order valence-electron chi connectivity index (χ2n) is 4.82. The monoisotopic (exact) mass is 239 g/mol. The molecule has 0 bridgehead atoms. The number of rotatable bonds is 4. The fraction of sp³-hybridized carbons (Fsp3) is 0.538. The first-order chi connectivity index (χ1) is 8.13. The maximum Gasteiger partial charge on any atom is 0.127 e. The second kappa shape index (κ2) is 5.02. The lowest BCUT2D eigenvalue weighted by molar-refractivity contribution is 0.163. The Bertz CT molecular complexity index is 369. The number of aliphatic hydroxyl groups excluding tert-OH is 1. The highest BCUT2D eigenvalue weighted by atomic mass is 19.1. The Kier molecular flexibility index (Phi) is 3.64. The Morgan fingerprint density at radius 2 is 1.94 bits per heavy atom. The van der Waals surface area contributed by atoms with Crippen molar-refractivity contribution in [3.63, 3.8) is 0 Å². The summed E-state index contributed by atoms with van der Waals surface area (Å²) in [6, 6.07) is 4.02. The van der Waals surface area contributed by atoms with Crippen LogP contribution in [0.1, 0.15) is 31.2 Å². The van der Waals surface area contributed by atoms with Gasteiger partial charge in [-0.25, -0.2) is 4.39 Å². The molecule has 0 saturated heterocycles. The highest BCUT2D eigenvalue weighted by molar-refractivity contribution is 5.28. The summed E-state index contributed by atoms with van der Waals surface area (Å²) in [5.41, 5.74) is 0.476. The van der Waals surface area contributed by atoms with Crippen LogP contribution in [-0.4, -0.2) is 22.4 Å². The largest absolute Gasteiger partial charge is 0.508 e. The molecule has 4 heteroatoms. The lowest BCUT2D eigenvalue weighted by atomic mass is 9.98. The number of hydrogen-bond acceptors (Lipinski definition) is 3. The van der Waals surface area contributed by atoms with E-state index in [1.807, 2.05) is 0 Å². The van der Waals surface area contributed by atoms with Gasteiger partial charge in [-0.2, -0.15) is 0 Å². The first-order valence-corrected chi connectivity index (χ1v) is 5.98. The van der Waals surface area contributed by atoms with E-state index in [2.05, 4.69) is 5.32 Å². The number of phenolic OH excluding ortho intramolecular Hbond substituents is 1. The van der Waals surface area contributed by atoms with Gasteiger partial charge >= 0.3 is 0 Å². The van der Waals surface area contributed by atoms with E-state index in [0.29, 0.717) is 12.1 Å². The highest BCUT2D eigenvalue weighted by Gasteiger charge is 2.32. The Labute approximate surface area is 100 Å². The van der Waals surface area contributed by atoms with E-state index >= 15 is 0 Å². The van der Waals surface area contributed by atoms with E-state index in [-0.39, 0.29) is 17.9 Å². The van der Waals surface area contributed by atoms with E-state index in [1.54, 1.807) is 0 Å². The third kappa shape index (κ3) is 2.96. The lowest BCUT2D eigenvalue weighted by Crippen LogP contribution is -2.45. The third-order valence-electron chi connectivity index (χ3n) is 3.47. The molecule has 0 spiro atoms. The number of hydrogen-bond donors (Lipinski definition) is 3. The normalized spacial score (nSPS) is 18.5. The zero-order valence-electron chi connectivity index (χ0n) is 9.75. The van der Waals surface area contributed by atoms with Crippen LogP contribution in [0, 0.1) is 5.82 Å². The fourth-order valence-corrected chi connectivity index (χ4v) is 2.47. The van der Waals surface area contributed by atoms with Crippen molar-refractivity contribution in [2.45, 2.75) is 37.8 Å². The van der Waals surface area contributed by atoms with Crippen LogP contribution in [0.25, 0.3) is 0 Å². The number of halogens is 1. The van der Waals surface area contributed by atoms with Crippen LogP contribution in [0.2, 0.25) is 0 Å². The van der Waals surface area contributed by atoms with Crippen molar-refractivity contribution < 1.29 is 14.6 Å². The zero-order chi connectivity index (χ0) is 12.3. The molecule has 2 rings (SSSR count). The molecule has 94 valence electrons. The Morgan fingerprint density at radius 1 is 1.24 bits per heavy atom. The van der Waals surface area contributed by atoms with E-state index in [9.17, 15) is 14.6 Å². The molecule has 0 amide bonds. The summed E-state index contributed by atoms with van der Waals surface area (Å²) in [6.45, 7) is 0.570. The van der Waals surface area contributed by atoms with Crippen molar-refractivity contribution >= 4 is 0 Å². The van der Waals surface area contributed by atoms with Crippen LogP contribution < -0.4 is 5.32 Å². The van der Waals surface area contributed by atoms with Crippen molar-refractivity contribution in [3.8, 4) is 5.75 Å². The van der Waals surface area contributed by atoms with E-state index in [4.69, 9.17) is 0 Å². The molecule has 0 unspecified atom stereocenters. The predicted octanol–water partition coefficient (Wildman–Crippen LogP) is 1.93. The number of aliphatic hydroxyl groups is 1. The molecule has 0 radical (unpaired) electrons. The smallest absolute Gasteiger partial charge is 0.127 e. The van der Waals surface area contributed by atoms with Gasteiger partial charge in [-0.3, -0.25) is 0 Å². The van der Waals surface area contributed by atoms with Crippen LogP contribution in [0.15, 0.2) is 18.2 Å². The minimum atomic E-state index is -0.439. The first kappa shape index (κ1) is 12.3. The minimum absolute atomic E-state index is 0.0636. The average molecular weight is 239 g/mol. The summed E-state index contributed by atoms with van der Waals surface area (Å²) in [7, 11) is 0. The molecule has 0 aromatic heterocycles. The topological polar surface area (TPSA) is 52.5 Å². The van der Waals surface area contributed by atoms with Gasteiger partial charge in [0.2, 0.25) is 0 Å². The summed E-state index contributed by atoms with van der Waals surface area (Å²) in [6.07, 6.45) is 4.12. The number of phenols is 1. The molecular weight excluding hydrogens is 221 g/mol. The quantitative estimate of drug-likeness (QED) is 0.752.